The lowest BCUT2D eigenvalue weighted by Crippen LogP contribution is -2.33. The fourth-order valence-electron chi connectivity index (χ4n) is 3.23. The first-order valence-corrected chi connectivity index (χ1v) is 9.35. The summed E-state index contributed by atoms with van der Waals surface area (Å²) in [6, 6.07) is 5.08. The highest BCUT2D eigenvalue weighted by Gasteiger charge is 2.23. The molecule has 1 aromatic heterocycles. The fraction of sp³-hybridized carbons (Fsp3) is 0.438. The van der Waals surface area contributed by atoms with Crippen LogP contribution in [0.5, 0.6) is 5.75 Å². The van der Waals surface area contributed by atoms with Crippen molar-refractivity contribution in [3.63, 3.8) is 0 Å². The van der Waals surface area contributed by atoms with Crippen LogP contribution in [0.1, 0.15) is 17.8 Å². The topological polar surface area (TPSA) is 73.2 Å². The number of sulfonamides is 1. The Kier molecular flexibility index (Phi) is 3.61. The molecule has 23 heavy (non-hydrogen) atoms. The van der Waals surface area contributed by atoms with E-state index in [4.69, 9.17) is 4.74 Å². The molecule has 0 aliphatic carbocycles. The van der Waals surface area contributed by atoms with Gasteiger partial charge in [-0.3, -0.25) is 0 Å². The molecule has 0 saturated heterocycles. The van der Waals surface area contributed by atoms with E-state index in [1.54, 1.807) is 24.4 Å². The Balaban J connectivity index is 1.44. The molecule has 0 unspecified atom stereocenters. The molecule has 2 aliphatic rings. The normalized spacial score (nSPS) is 19.9. The molecule has 1 N–H and O–H groups in total. The van der Waals surface area contributed by atoms with Crippen molar-refractivity contribution < 1.29 is 13.2 Å². The molecule has 2 aromatic rings. The molecule has 4 rings (SSSR count). The first kappa shape index (κ1) is 14.7. The van der Waals surface area contributed by atoms with Gasteiger partial charge in [0, 0.05) is 38.3 Å². The standard InChI is InChI=1S/C16H19N3O3S/c20-23(21,14-1-2-15-13(10-14)4-8-22-15)18-11-12-3-6-19-7-5-17-16(19)9-12/h1-2,5,7,10,12,18H,3-4,6,8-9,11H2/t12-/m0/s1. The Morgan fingerprint density at radius 3 is 3.22 bits per heavy atom. The number of hydrogen-bond acceptors (Lipinski definition) is 4. The van der Waals surface area contributed by atoms with Crippen molar-refractivity contribution >= 4 is 10.0 Å². The van der Waals surface area contributed by atoms with E-state index < -0.39 is 10.0 Å². The minimum absolute atomic E-state index is 0.289. The number of benzene rings is 1. The monoisotopic (exact) mass is 333 g/mol. The molecule has 2 aliphatic heterocycles. The van der Waals surface area contributed by atoms with Gasteiger partial charge in [0.25, 0.3) is 0 Å². The first-order chi connectivity index (χ1) is 11.1. The van der Waals surface area contributed by atoms with Crippen LogP contribution in [0.15, 0.2) is 35.5 Å². The average molecular weight is 333 g/mol. The highest BCUT2D eigenvalue weighted by Crippen LogP contribution is 2.27. The predicted octanol–water partition coefficient (Wildman–Crippen LogP) is 1.36. The Hall–Kier alpha value is -1.86. The maximum atomic E-state index is 12.5. The number of ether oxygens (including phenoxy) is 1. The van der Waals surface area contributed by atoms with Crippen LogP contribution in [-0.4, -0.2) is 31.1 Å². The van der Waals surface area contributed by atoms with Gasteiger partial charge >= 0.3 is 0 Å². The van der Waals surface area contributed by atoms with E-state index in [-0.39, 0.29) is 5.92 Å². The summed E-state index contributed by atoms with van der Waals surface area (Å²) in [4.78, 5) is 4.64. The van der Waals surface area contributed by atoms with Crippen molar-refractivity contribution in [2.45, 2.75) is 30.7 Å². The van der Waals surface area contributed by atoms with E-state index in [0.717, 1.165) is 42.9 Å². The van der Waals surface area contributed by atoms with Gasteiger partial charge in [0.15, 0.2) is 0 Å². The number of nitrogens with zero attached hydrogens (tertiary/aromatic N) is 2. The minimum atomic E-state index is -3.48. The third-order valence-electron chi connectivity index (χ3n) is 4.58. The molecule has 0 spiro atoms. The summed E-state index contributed by atoms with van der Waals surface area (Å²) in [5, 5.41) is 0. The molecule has 3 heterocycles. The highest BCUT2D eigenvalue weighted by atomic mass is 32.2. The molecule has 0 radical (unpaired) electrons. The second-order valence-electron chi connectivity index (χ2n) is 6.12. The van der Waals surface area contributed by atoms with Crippen LogP contribution in [0.3, 0.4) is 0 Å². The number of fused-ring (bicyclic) bond motifs is 2. The lowest BCUT2D eigenvalue weighted by Gasteiger charge is -2.23. The summed E-state index contributed by atoms with van der Waals surface area (Å²) in [5.41, 5.74) is 0.965. The van der Waals surface area contributed by atoms with Gasteiger partial charge in [-0.2, -0.15) is 0 Å². The summed E-state index contributed by atoms with van der Waals surface area (Å²) in [6.07, 6.45) is 6.32. The number of imidazole rings is 1. The molecule has 122 valence electrons. The van der Waals surface area contributed by atoms with Crippen molar-refractivity contribution in [3.05, 3.63) is 42.0 Å². The number of aryl methyl sites for hydroxylation is 1. The summed E-state index contributed by atoms with van der Waals surface area (Å²) < 4.78 is 35.3. The summed E-state index contributed by atoms with van der Waals surface area (Å²) >= 11 is 0. The van der Waals surface area contributed by atoms with Gasteiger partial charge in [0.2, 0.25) is 10.0 Å². The number of aromatic nitrogens is 2. The summed E-state index contributed by atoms with van der Waals surface area (Å²) in [5.74, 6) is 2.12. The van der Waals surface area contributed by atoms with Gasteiger partial charge in [-0.15, -0.1) is 0 Å². The van der Waals surface area contributed by atoms with E-state index >= 15 is 0 Å². The van der Waals surface area contributed by atoms with Crippen LogP contribution in [-0.2, 0) is 29.4 Å². The lowest BCUT2D eigenvalue weighted by molar-refractivity contribution is 0.356. The van der Waals surface area contributed by atoms with E-state index in [1.807, 2.05) is 6.20 Å². The van der Waals surface area contributed by atoms with Crippen molar-refractivity contribution in [3.8, 4) is 5.75 Å². The summed E-state index contributed by atoms with van der Waals surface area (Å²) in [7, 11) is -3.48. The van der Waals surface area contributed by atoms with Gasteiger partial charge in [-0.25, -0.2) is 18.1 Å². The van der Waals surface area contributed by atoms with Crippen LogP contribution < -0.4 is 9.46 Å². The fourth-order valence-corrected chi connectivity index (χ4v) is 4.40. The molecule has 1 atom stereocenters. The van der Waals surface area contributed by atoms with Crippen molar-refractivity contribution in [1.82, 2.24) is 14.3 Å². The van der Waals surface area contributed by atoms with E-state index in [9.17, 15) is 8.42 Å². The molecule has 0 saturated carbocycles. The molecule has 7 heteroatoms. The second kappa shape index (κ2) is 5.65. The zero-order valence-electron chi connectivity index (χ0n) is 12.7. The second-order valence-corrected chi connectivity index (χ2v) is 7.88. The molecular weight excluding hydrogens is 314 g/mol. The Labute approximate surface area is 135 Å². The minimum Gasteiger partial charge on any atom is -0.493 e. The van der Waals surface area contributed by atoms with Gasteiger partial charge < -0.3 is 9.30 Å². The Bertz CT molecular complexity index is 829. The maximum Gasteiger partial charge on any atom is 0.240 e. The zero-order chi connectivity index (χ0) is 15.9. The van der Waals surface area contributed by atoms with Gasteiger partial charge in [0.05, 0.1) is 11.5 Å². The Morgan fingerprint density at radius 2 is 2.30 bits per heavy atom. The molecular formula is C16H19N3O3S. The number of hydrogen-bond donors (Lipinski definition) is 1. The lowest BCUT2D eigenvalue weighted by atomic mass is 9.98. The largest absolute Gasteiger partial charge is 0.493 e. The SMILES string of the molecule is O=S(=O)(NC[C@H]1CCn2ccnc2C1)c1ccc2c(c1)CCO2. The van der Waals surface area contributed by atoms with E-state index in [1.165, 1.54) is 0 Å². The van der Waals surface area contributed by atoms with Gasteiger partial charge in [-0.1, -0.05) is 0 Å². The Morgan fingerprint density at radius 1 is 1.39 bits per heavy atom. The van der Waals surface area contributed by atoms with Gasteiger partial charge in [0.1, 0.15) is 11.6 Å². The third-order valence-corrected chi connectivity index (χ3v) is 6.01. The highest BCUT2D eigenvalue weighted by molar-refractivity contribution is 7.89. The van der Waals surface area contributed by atoms with Crippen LogP contribution in [0.4, 0.5) is 0 Å². The average Bonchev–Trinajstić information content (AvgIpc) is 3.20. The third kappa shape index (κ3) is 2.86. The zero-order valence-corrected chi connectivity index (χ0v) is 13.6. The van der Waals surface area contributed by atoms with Crippen LogP contribution in [0.25, 0.3) is 0 Å². The van der Waals surface area contributed by atoms with Crippen LogP contribution in [0, 0.1) is 5.92 Å². The smallest absolute Gasteiger partial charge is 0.240 e. The molecule has 1 aromatic carbocycles. The molecule has 6 nitrogen and oxygen atoms in total. The molecule has 0 fully saturated rings. The number of nitrogens with one attached hydrogen (secondary N) is 1. The van der Waals surface area contributed by atoms with E-state index in [2.05, 4.69) is 14.3 Å². The quantitative estimate of drug-likeness (QED) is 0.917. The molecule has 0 amide bonds. The number of rotatable bonds is 4. The van der Waals surface area contributed by atoms with Crippen LogP contribution in [0.2, 0.25) is 0 Å². The van der Waals surface area contributed by atoms with Gasteiger partial charge in [-0.05, 0) is 36.1 Å². The first-order valence-electron chi connectivity index (χ1n) is 7.87. The van der Waals surface area contributed by atoms with Crippen molar-refractivity contribution in [2.24, 2.45) is 5.92 Å². The van der Waals surface area contributed by atoms with Crippen molar-refractivity contribution in [1.29, 1.82) is 0 Å². The summed E-state index contributed by atoms with van der Waals surface area (Å²) in [6.45, 7) is 1.97. The predicted molar refractivity (Wildman–Crippen MR) is 84.9 cm³/mol. The van der Waals surface area contributed by atoms with Crippen molar-refractivity contribution in [2.75, 3.05) is 13.2 Å². The molecule has 0 bridgehead atoms. The maximum absolute atomic E-state index is 12.5. The van der Waals surface area contributed by atoms with E-state index in [0.29, 0.717) is 18.0 Å². The van der Waals surface area contributed by atoms with Crippen LogP contribution >= 0.6 is 0 Å².